The van der Waals surface area contributed by atoms with Crippen molar-refractivity contribution in [2.24, 2.45) is 4.99 Å². The number of halogens is 1. The number of piperidine rings is 1. The van der Waals surface area contributed by atoms with Crippen molar-refractivity contribution in [1.29, 1.82) is 0 Å². The van der Waals surface area contributed by atoms with Crippen molar-refractivity contribution in [3.63, 3.8) is 0 Å². The van der Waals surface area contributed by atoms with E-state index < -0.39 is 0 Å². The number of hydrogen-bond acceptors (Lipinski definition) is 3. The summed E-state index contributed by atoms with van der Waals surface area (Å²) in [5.74, 6) is 0.834. The van der Waals surface area contributed by atoms with E-state index in [0.29, 0.717) is 6.10 Å². The summed E-state index contributed by atoms with van der Waals surface area (Å²) in [5, 5.41) is 0. The third-order valence-corrected chi connectivity index (χ3v) is 3.69. The molecule has 0 bridgehead atoms. The molecule has 0 N–H and O–H groups in total. The first-order valence-corrected chi connectivity index (χ1v) is 6.94. The van der Waals surface area contributed by atoms with Crippen LogP contribution in [0.4, 0.5) is 0 Å². The van der Waals surface area contributed by atoms with Gasteiger partial charge in [0.15, 0.2) is 0 Å². The van der Waals surface area contributed by atoms with E-state index in [2.05, 4.69) is 45.6 Å². The fraction of sp³-hybridized carbons (Fsp3) is 0.583. The smallest absolute Gasteiger partial charge is 0.121 e. The molecule has 16 heavy (non-hydrogen) atoms. The Balaban J connectivity index is 2.39. The molecule has 0 amide bonds. The van der Waals surface area contributed by atoms with Gasteiger partial charge in [-0.3, -0.25) is 0 Å². The number of nitrogens with zero attached hydrogens (tertiary/aromatic N) is 2. The second kappa shape index (κ2) is 7.06. The van der Waals surface area contributed by atoms with Crippen LogP contribution >= 0.6 is 22.6 Å². The van der Waals surface area contributed by atoms with Gasteiger partial charge in [-0.1, -0.05) is 35.7 Å². The van der Waals surface area contributed by atoms with Gasteiger partial charge in [0.1, 0.15) is 5.82 Å². The highest BCUT2D eigenvalue weighted by Crippen LogP contribution is 2.16. The molecule has 1 aliphatic rings. The molecule has 0 aromatic carbocycles. The molecule has 0 aliphatic carbocycles. The first-order valence-electron chi connectivity index (χ1n) is 5.41. The minimum absolute atomic E-state index is 0.400. The largest absolute Gasteiger partial charge is 0.381 e. The van der Waals surface area contributed by atoms with Crippen LogP contribution in [0.15, 0.2) is 29.5 Å². The van der Waals surface area contributed by atoms with Crippen LogP contribution in [0.2, 0.25) is 0 Å². The minimum Gasteiger partial charge on any atom is -0.381 e. The van der Waals surface area contributed by atoms with E-state index in [1.54, 1.807) is 13.3 Å². The van der Waals surface area contributed by atoms with E-state index in [-0.39, 0.29) is 0 Å². The average molecular weight is 334 g/mol. The maximum Gasteiger partial charge on any atom is 0.121 e. The van der Waals surface area contributed by atoms with E-state index >= 15 is 0 Å². The molecular formula is C12H19IN2O. The molecule has 0 unspecified atom stereocenters. The Labute approximate surface area is 111 Å². The van der Waals surface area contributed by atoms with Crippen molar-refractivity contribution >= 4 is 28.8 Å². The summed E-state index contributed by atoms with van der Waals surface area (Å²) < 4.78 is 6.23. The molecule has 0 aromatic heterocycles. The minimum atomic E-state index is 0.400. The number of hydrogen-bond donors (Lipinski definition) is 0. The third-order valence-electron chi connectivity index (χ3n) is 2.71. The Morgan fingerprint density at radius 2 is 2.12 bits per heavy atom. The highest BCUT2D eigenvalue weighted by Gasteiger charge is 2.18. The van der Waals surface area contributed by atoms with Crippen molar-refractivity contribution in [1.82, 2.24) is 4.90 Å². The second-order valence-corrected chi connectivity index (χ2v) is 4.65. The van der Waals surface area contributed by atoms with Crippen LogP contribution in [0.1, 0.15) is 12.8 Å². The number of allylic oxidation sites excluding steroid dienone is 1. The van der Waals surface area contributed by atoms with Crippen LogP contribution in [0.5, 0.6) is 0 Å². The first-order chi connectivity index (χ1) is 7.67. The van der Waals surface area contributed by atoms with Crippen LogP contribution in [0, 0.1) is 0 Å². The number of methoxy groups -OCH3 is 1. The summed E-state index contributed by atoms with van der Waals surface area (Å²) in [4.78, 5) is 6.53. The van der Waals surface area contributed by atoms with Gasteiger partial charge in [0.2, 0.25) is 0 Å². The number of likely N-dealkylation sites (tertiary alicyclic amines) is 1. The van der Waals surface area contributed by atoms with Crippen molar-refractivity contribution in [2.75, 3.05) is 24.6 Å². The molecule has 90 valence electrons. The summed E-state index contributed by atoms with van der Waals surface area (Å²) in [7, 11) is 1.78. The number of rotatable bonds is 5. The van der Waals surface area contributed by atoms with E-state index in [0.717, 1.165) is 41.8 Å². The van der Waals surface area contributed by atoms with Crippen LogP contribution in [-0.4, -0.2) is 41.8 Å². The molecule has 0 aromatic rings. The third kappa shape index (κ3) is 4.25. The highest BCUT2D eigenvalue weighted by molar-refractivity contribution is 14.1. The number of aliphatic imine (C=N–C) groups is 1. The molecule has 0 radical (unpaired) electrons. The lowest BCUT2D eigenvalue weighted by Gasteiger charge is -2.32. The number of alkyl halides is 1. The maximum atomic E-state index is 5.32. The predicted molar refractivity (Wildman–Crippen MR) is 77.3 cm³/mol. The summed E-state index contributed by atoms with van der Waals surface area (Å²) in [6.45, 7) is 9.81. The van der Waals surface area contributed by atoms with Gasteiger partial charge < -0.3 is 9.64 Å². The monoisotopic (exact) mass is 334 g/mol. The Bertz CT molecular complexity index is 281. The molecule has 1 heterocycles. The summed E-state index contributed by atoms with van der Waals surface area (Å²) in [6.07, 6.45) is 4.31. The van der Waals surface area contributed by atoms with Gasteiger partial charge in [-0.15, -0.1) is 0 Å². The topological polar surface area (TPSA) is 24.8 Å². The van der Waals surface area contributed by atoms with Crippen molar-refractivity contribution in [2.45, 2.75) is 18.9 Å². The molecular weight excluding hydrogens is 315 g/mol. The van der Waals surface area contributed by atoms with Gasteiger partial charge in [0.25, 0.3) is 0 Å². The summed E-state index contributed by atoms with van der Waals surface area (Å²) in [5.41, 5.74) is 1.02. The Morgan fingerprint density at radius 1 is 1.50 bits per heavy atom. The zero-order valence-corrected chi connectivity index (χ0v) is 11.9. The van der Waals surface area contributed by atoms with E-state index in [1.165, 1.54) is 0 Å². The predicted octanol–water partition coefficient (Wildman–Crippen LogP) is 2.63. The molecule has 1 fully saturated rings. The zero-order chi connectivity index (χ0) is 12.0. The second-order valence-electron chi connectivity index (χ2n) is 3.89. The maximum absolute atomic E-state index is 5.32. The Hall–Kier alpha value is -0.360. The lowest BCUT2D eigenvalue weighted by Crippen LogP contribution is -2.35. The van der Waals surface area contributed by atoms with Crippen molar-refractivity contribution in [3.05, 3.63) is 24.6 Å². The molecule has 0 spiro atoms. The van der Waals surface area contributed by atoms with Gasteiger partial charge in [-0.05, 0) is 18.4 Å². The summed E-state index contributed by atoms with van der Waals surface area (Å²) in [6, 6.07) is 0. The Morgan fingerprint density at radius 3 is 2.62 bits per heavy atom. The standard InChI is InChI=1S/C12H19IN2O/c1-10(8-13)9-14-11(2)15-6-4-12(16-3)5-7-15/h9,12H,1-2,4-8H2,3H3/b14-9-. The van der Waals surface area contributed by atoms with Gasteiger partial charge in [0, 0.05) is 30.8 Å². The Kier molecular flexibility index (Phi) is 6.05. The molecule has 4 heteroatoms. The van der Waals surface area contributed by atoms with Crippen molar-refractivity contribution in [3.8, 4) is 0 Å². The average Bonchev–Trinajstić information content (AvgIpc) is 2.35. The molecule has 3 nitrogen and oxygen atoms in total. The molecule has 1 aliphatic heterocycles. The fourth-order valence-corrected chi connectivity index (χ4v) is 1.83. The molecule has 1 rings (SSSR count). The number of ether oxygens (including phenoxy) is 1. The molecule has 0 saturated carbocycles. The van der Waals surface area contributed by atoms with E-state index in [9.17, 15) is 0 Å². The lowest BCUT2D eigenvalue weighted by molar-refractivity contribution is 0.0502. The normalized spacial score (nSPS) is 18.0. The zero-order valence-electron chi connectivity index (χ0n) is 9.79. The molecule has 1 saturated heterocycles. The highest BCUT2D eigenvalue weighted by atomic mass is 127. The van der Waals surface area contributed by atoms with Crippen molar-refractivity contribution < 1.29 is 4.74 Å². The van der Waals surface area contributed by atoms with Gasteiger partial charge >= 0.3 is 0 Å². The van der Waals surface area contributed by atoms with Crippen LogP contribution in [0.3, 0.4) is 0 Å². The van der Waals surface area contributed by atoms with Gasteiger partial charge in [-0.25, -0.2) is 4.99 Å². The van der Waals surface area contributed by atoms with Crippen LogP contribution < -0.4 is 0 Å². The van der Waals surface area contributed by atoms with Crippen LogP contribution in [0.25, 0.3) is 0 Å². The van der Waals surface area contributed by atoms with E-state index in [4.69, 9.17) is 4.74 Å². The molecule has 0 atom stereocenters. The SMILES string of the molecule is C=C(/C=N\C(=C)N1CCC(OC)CC1)CI. The van der Waals surface area contributed by atoms with Gasteiger partial charge in [-0.2, -0.15) is 0 Å². The lowest BCUT2D eigenvalue weighted by atomic mass is 10.1. The van der Waals surface area contributed by atoms with Crippen LogP contribution in [-0.2, 0) is 4.74 Å². The van der Waals surface area contributed by atoms with E-state index in [1.807, 2.05) is 0 Å². The first kappa shape index (κ1) is 13.7. The van der Waals surface area contributed by atoms with Gasteiger partial charge in [0.05, 0.1) is 6.10 Å². The fourth-order valence-electron chi connectivity index (χ4n) is 1.63. The summed E-state index contributed by atoms with van der Waals surface area (Å²) >= 11 is 2.27. The quantitative estimate of drug-likeness (QED) is 0.439.